The molecule has 4 heteroatoms. The Morgan fingerprint density at radius 3 is 2.44 bits per heavy atom. The molecule has 4 nitrogen and oxygen atoms in total. The molecule has 0 bridgehead atoms. The third-order valence-corrected chi connectivity index (χ3v) is 4.95. The minimum Gasteiger partial charge on any atom is -0.322 e. The van der Waals surface area contributed by atoms with Gasteiger partial charge >= 0.3 is 0 Å². The van der Waals surface area contributed by atoms with Gasteiger partial charge in [-0.1, -0.05) is 54.6 Å². The zero-order valence-corrected chi connectivity index (χ0v) is 14.6. The van der Waals surface area contributed by atoms with Crippen LogP contribution in [0.4, 0.5) is 5.69 Å². The quantitative estimate of drug-likeness (QED) is 0.486. The van der Waals surface area contributed by atoms with Crippen molar-refractivity contribution in [3.05, 3.63) is 95.6 Å². The van der Waals surface area contributed by atoms with E-state index < -0.39 is 0 Å². The summed E-state index contributed by atoms with van der Waals surface area (Å²) in [6, 6.07) is 25.5. The smallest absolute Gasteiger partial charge is 0.255 e. The summed E-state index contributed by atoms with van der Waals surface area (Å²) in [7, 11) is 0. The highest BCUT2D eigenvalue weighted by Crippen LogP contribution is 2.40. The van der Waals surface area contributed by atoms with Crippen LogP contribution in [0.1, 0.15) is 21.5 Å². The summed E-state index contributed by atoms with van der Waals surface area (Å²) < 4.78 is 0. The van der Waals surface area contributed by atoms with Crippen LogP contribution in [0, 0.1) is 0 Å². The molecular formula is C23H17N3O. The fraction of sp³-hybridized carbons (Fsp3) is 0.0435. The van der Waals surface area contributed by atoms with E-state index in [-0.39, 0.29) is 5.91 Å². The number of aromatic amines is 1. The largest absolute Gasteiger partial charge is 0.322 e. The minimum atomic E-state index is -0.0984. The van der Waals surface area contributed by atoms with Crippen LogP contribution < -0.4 is 5.32 Å². The Labute approximate surface area is 156 Å². The van der Waals surface area contributed by atoms with Crippen molar-refractivity contribution in [2.75, 3.05) is 5.32 Å². The zero-order valence-electron chi connectivity index (χ0n) is 14.6. The number of hydrogen-bond acceptors (Lipinski definition) is 2. The number of nitrogens with zero attached hydrogens (tertiary/aromatic N) is 1. The van der Waals surface area contributed by atoms with Crippen LogP contribution in [0.2, 0.25) is 0 Å². The van der Waals surface area contributed by atoms with Gasteiger partial charge in [0.05, 0.1) is 11.4 Å². The van der Waals surface area contributed by atoms with Gasteiger partial charge in [0.2, 0.25) is 0 Å². The van der Waals surface area contributed by atoms with E-state index in [2.05, 4.69) is 39.8 Å². The lowest BCUT2D eigenvalue weighted by molar-refractivity contribution is 0.102. The Morgan fingerprint density at radius 2 is 1.67 bits per heavy atom. The second-order valence-electron chi connectivity index (χ2n) is 6.66. The Balaban J connectivity index is 1.44. The monoisotopic (exact) mass is 351 g/mol. The van der Waals surface area contributed by atoms with Gasteiger partial charge in [0.15, 0.2) is 0 Å². The molecule has 0 fully saturated rings. The third-order valence-electron chi connectivity index (χ3n) is 4.95. The van der Waals surface area contributed by atoms with Crippen molar-refractivity contribution in [3.63, 3.8) is 0 Å². The van der Waals surface area contributed by atoms with Crippen molar-refractivity contribution >= 4 is 11.6 Å². The number of rotatable bonds is 3. The standard InChI is InChI=1S/C23H17N3O/c27-23(16-9-5-2-6-10-16)24-18-11-12-19-17(13-18)14-20-21(25-26-22(19)20)15-7-3-1-4-8-15/h1-13H,14H2,(H,24,27)(H,25,26). The number of H-pyrrole nitrogens is 1. The summed E-state index contributed by atoms with van der Waals surface area (Å²) in [5.41, 5.74) is 8.20. The van der Waals surface area contributed by atoms with Gasteiger partial charge < -0.3 is 5.32 Å². The van der Waals surface area contributed by atoms with E-state index in [1.165, 1.54) is 11.1 Å². The number of carbonyl (C=O) groups excluding carboxylic acids is 1. The summed E-state index contributed by atoms with van der Waals surface area (Å²) in [6.07, 6.45) is 0.806. The highest BCUT2D eigenvalue weighted by atomic mass is 16.1. The van der Waals surface area contributed by atoms with Crippen molar-refractivity contribution in [1.82, 2.24) is 10.2 Å². The molecule has 0 unspecified atom stereocenters. The van der Waals surface area contributed by atoms with E-state index in [4.69, 9.17) is 0 Å². The van der Waals surface area contributed by atoms with Gasteiger partial charge in [0.25, 0.3) is 5.91 Å². The molecule has 4 aromatic rings. The Bertz CT molecular complexity index is 1130. The van der Waals surface area contributed by atoms with Crippen LogP contribution in [-0.4, -0.2) is 16.1 Å². The van der Waals surface area contributed by atoms with E-state index in [0.29, 0.717) is 5.56 Å². The van der Waals surface area contributed by atoms with Crippen molar-refractivity contribution in [1.29, 1.82) is 0 Å². The summed E-state index contributed by atoms with van der Waals surface area (Å²) in [5, 5.41) is 10.7. The first-order valence-electron chi connectivity index (χ1n) is 8.92. The molecule has 2 N–H and O–H groups in total. The maximum absolute atomic E-state index is 12.4. The molecule has 3 aromatic carbocycles. The Kier molecular flexibility index (Phi) is 3.61. The van der Waals surface area contributed by atoms with Crippen molar-refractivity contribution < 1.29 is 4.79 Å². The average molecular weight is 351 g/mol. The molecule has 27 heavy (non-hydrogen) atoms. The van der Waals surface area contributed by atoms with Crippen LogP contribution in [0.5, 0.6) is 0 Å². The number of benzene rings is 3. The number of anilines is 1. The molecule has 0 saturated heterocycles. The lowest BCUT2D eigenvalue weighted by atomic mass is 10.1. The number of aromatic nitrogens is 2. The molecule has 0 spiro atoms. The number of amides is 1. The van der Waals surface area contributed by atoms with E-state index in [1.807, 2.05) is 54.6 Å². The van der Waals surface area contributed by atoms with Crippen LogP contribution in [0.3, 0.4) is 0 Å². The second kappa shape index (κ2) is 6.25. The number of nitrogens with one attached hydrogen (secondary N) is 2. The molecule has 0 aliphatic heterocycles. The van der Waals surface area contributed by atoms with Crippen LogP contribution >= 0.6 is 0 Å². The summed E-state index contributed by atoms with van der Waals surface area (Å²) >= 11 is 0. The molecule has 1 aliphatic rings. The Morgan fingerprint density at radius 1 is 0.926 bits per heavy atom. The van der Waals surface area contributed by atoms with Crippen LogP contribution in [0.15, 0.2) is 78.9 Å². The predicted molar refractivity (Wildman–Crippen MR) is 107 cm³/mol. The normalized spacial score (nSPS) is 11.7. The number of carbonyl (C=O) groups is 1. The lowest BCUT2D eigenvalue weighted by Crippen LogP contribution is -2.11. The van der Waals surface area contributed by atoms with Crippen LogP contribution in [-0.2, 0) is 6.42 Å². The topological polar surface area (TPSA) is 57.8 Å². The maximum Gasteiger partial charge on any atom is 0.255 e. The maximum atomic E-state index is 12.4. The van der Waals surface area contributed by atoms with E-state index in [0.717, 1.165) is 34.6 Å². The van der Waals surface area contributed by atoms with Crippen molar-refractivity contribution in [2.24, 2.45) is 0 Å². The molecule has 0 atom stereocenters. The number of hydrogen-bond donors (Lipinski definition) is 2. The summed E-state index contributed by atoms with van der Waals surface area (Å²) in [6.45, 7) is 0. The fourth-order valence-corrected chi connectivity index (χ4v) is 3.64. The van der Waals surface area contributed by atoms with E-state index in [9.17, 15) is 4.79 Å². The molecule has 130 valence electrons. The van der Waals surface area contributed by atoms with Gasteiger partial charge in [-0.3, -0.25) is 9.89 Å². The van der Waals surface area contributed by atoms with Gasteiger partial charge in [-0.05, 0) is 29.8 Å². The van der Waals surface area contributed by atoms with Crippen molar-refractivity contribution in [3.8, 4) is 22.5 Å². The summed E-state index contributed by atoms with van der Waals surface area (Å²) in [5.74, 6) is -0.0984. The molecule has 1 heterocycles. The van der Waals surface area contributed by atoms with Crippen molar-refractivity contribution in [2.45, 2.75) is 6.42 Å². The van der Waals surface area contributed by atoms with Gasteiger partial charge in [-0.15, -0.1) is 0 Å². The lowest BCUT2D eigenvalue weighted by Gasteiger charge is -2.08. The van der Waals surface area contributed by atoms with E-state index in [1.54, 1.807) is 0 Å². The first-order valence-corrected chi connectivity index (χ1v) is 8.92. The SMILES string of the molecule is O=C(Nc1ccc2c(c1)Cc1c(-c3ccccc3)n[nH]c1-2)c1ccccc1. The molecule has 1 amide bonds. The first-order chi connectivity index (χ1) is 13.3. The first kappa shape index (κ1) is 15.6. The van der Waals surface area contributed by atoms with Gasteiger partial charge in [0.1, 0.15) is 0 Å². The second-order valence-corrected chi connectivity index (χ2v) is 6.66. The third kappa shape index (κ3) is 2.72. The fourth-order valence-electron chi connectivity index (χ4n) is 3.64. The zero-order chi connectivity index (χ0) is 18.2. The highest BCUT2D eigenvalue weighted by Gasteiger charge is 2.25. The molecular weight excluding hydrogens is 334 g/mol. The van der Waals surface area contributed by atoms with Crippen LogP contribution in [0.25, 0.3) is 22.5 Å². The van der Waals surface area contributed by atoms with Gasteiger partial charge in [-0.2, -0.15) is 5.10 Å². The molecule has 5 rings (SSSR count). The molecule has 1 aromatic heterocycles. The molecule has 0 radical (unpaired) electrons. The minimum absolute atomic E-state index is 0.0984. The summed E-state index contributed by atoms with van der Waals surface area (Å²) in [4.78, 5) is 12.4. The highest BCUT2D eigenvalue weighted by molar-refractivity contribution is 6.04. The van der Waals surface area contributed by atoms with E-state index >= 15 is 0 Å². The Hall–Kier alpha value is -3.66. The van der Waals surface area contributed by atoms with Gasteiger partial charge in [0, 0.05) is 34.4 Å². The average Bonchev–Trinajstić information content (AvgIpc) is 3.28. The molecule has 0 saturated carbocycles. The predicted octanol–water partition coefficient (Wildman–Crippen LogP) is 4.90. The molecule has 1 aliphatic carbocycles. The number of fused-ring (bicyclic) bond motifs is 3. The van der Waals surface area contributed by atoms with Gasteiger partial charge in [-0.25, -0.2) is 0 Å².